The highest BCUT2D eigenvalue weighted by atomic mass is 35.5. The molecule has 0 unspecified atom stereocenters. The number of hydrogen-bond acceptors (Lipinski definition) is 5. The van der Waals surface area contributed by atoms with Crippen LogP contribution in [0.3, 0.4) is 0 Å². The number of carbonyl (C=O) groups excluding carboxylic acids is 1. The number of fused-ring (bicyclic) bond motifs is 1. The molecule has 8 nitrogen and oxygen atoms in total. The van der Waals surface area contributed by atoms with E-state index >= 15 is 0 Å². The number of benzene rings is 1. The molecule has 148 valence electrons. The summed E-state index contributed by atoms with van der Waals surface area (Å²) >= 11 is 5.79. The van der Waals surface area contributed by atoms with Crippen LogP contribution >= 0.6 is 11.6 Å². The molecule has 2 heterocycles. The van der Waals surface area contributed by atoms with Gasteiger partial charge in [-0.15, -0.1) is 0 Å². The summed E-state index contributed by atoms with van der Waals surface area (Å²) in [6.07, 6.45) is 3.20. The zero-order valence-corrected chi connectivity index (χ0v) is 17.2. The predicted molar refractivity (Wildman–Crippen MR) is 108 cm³/mol. The molecule has 0 fully saturated rings. The molecule has 0 aliphatic rings. The normalized spacial score (nSPS) is 12.1. The Morgan fingerprint density at radius 3 is 2.57 bits per heavy atom. The fraction of sp³-hybridized carbons (Fsp3) is 0.278. The van der Waals surface area contributed by atoms with Gasteiger partial charge < -0.3 is 5.32 Å². The van der Waals surface area contributed by atoms with Crippen molar-refractivity contribution in [3.05, 3.63) is 47.7 Å². The molecule has 0 bridgehead atoms. The third-order valence-corrected chi connectivity index (χ3v) is 6.16. The van der Waals surface area contributed by atoms with Gasteiger partial charge in [-0.05, 0) is 44.2 Å². The lowest BCUT2D eigenvalue weighted by molar-refractivity contribution is -0.116. The maximum absolute atomic E-state index is 12.6. The van der Waals surface area contributed by atoms with Crippen LogP contribution in [0.25, 0.3) is 11.0 Å². The highest BCUT2D eigenvalue weighted by Crippen LogP contribution is 2.20. The number of sulfonamides is 1. The standard InChI is InChI=1S/C18H20ClN5O3S/c1-12(2)24-18-13(9-21-24)8-15(10-20-18)22-17(25)11-23(3)28(26,27)16-6-4-14(19)5-7-16/h4-10,12H,11H2,1-3H3,(H,22,25). The number of anilines is 1. The lowest BCUT2D eigenvalue weighted by Gasteiger charge is -2.17. The van der Waals surface area contributed by atoms with Crippen molar-refractivity contribution >= 4 is 44.3 Å². The second-order valence-corrected chi connectivity index (χ2v) is 9.06. The first-order chi connectivity index (χ1) is 13.2. The highest BCUT2D eigenvalue weighted by molar-refractivity contribution is 7.89. The van der Waals surface area contributed by atoms with Crippen LogP contribution in [-0.4, -0.2) is 47.0 Å². The minimum atomic E-state index is -3.80. The Labute approximate surface area is 168 Å². The number of likely N-dealkylation sites (N-methyl/N-ethyl adjacent to an activating group) is 1. The van der Waals surface area contributed by atoms with E-state index in [-0.39, 0.29) is 17.5 Å². The molecule has 0 radical (unpaired) electrons. The van der Waals surface area contributed by atoms with Crippen molar-refractivity contribution in [3.63, 3.8) is 0 Å². The van der Waals surface area contributed by atoms with Gasteiger partial charge >= 0.3 is 0 Å². The van der Waals surface area contributed by atoms with E-state index in [0.717, 1.165) is 15.3 Å². The van der Waals surface area contributed by atoms with E-state index in [9.17, 15) is 13.2 Å². The summed E-state index contributed by atoms with van der Waals surface area (Å²) in [5.74, 6) is -0.475. The van der Waals surface area contributed by atoms with E-state index in [1.807, 2.05) is 13.8 Å². The molecule has 1 amide bonds. The predicted octanol–water partition coefficient (Wildman–Crippen LogP) is 2.92. The van der Waals surface area contributed by atoms with Gasteiger partial charge in [-0.2, -0.15) is 9.40 Å². The smallest absolute Gasteiger partial charge is 0.243 e. The molecule has 0 aliphatic carbocycles. The van der Waals surface area contributed by atoms with E-state index in [0.29, 0.717) is 10.7 Å². The summed E-state index contributed by atoms with van der Waals surface area (Å²) < 4.78 is 27.9. The van der Waals surface area contributed by atoms with Crippen molar-refractivity contribution in [2.24, 2.45) is 0 Å². The summed E-state index contributed by atoms with van der Waals surface area (Å²) in [6.45, 7) is 3.66. The number of rotatable bonds is 6. The van der Waals surface area contributed by atoms with E-state index in [2.05, 4.69) is 15.4 Å². The van der Waals surface area contributed by atoms with Crippen LogP contribution in [-0.2, 0) is 14.8 Å². The van der Waals surface area contributed by atoms with E-state index in [1.54, 1.807) is 16.9 Å². The lowest BCUT2D eigenvalue weighted by Crippen LogP contribution is -2.34. The Hall–Kier alpha value is -2.49. The quantitative estimate of drug-likeness (QED) is 0.660. The van der Waals surface area contributed by atoms with Gasteiger partial charge in [0.2, 0.25) is 15.9 Å². The largest absolute Gasteiger partial charge is 0.324 e. The first kappa shape index (κ1) is 20.2. The molecule has 0 spiro atoms. The van der Waals surface area contributed by atoms with Crippen LogP contribution < -0.4 is 5.32 Å². The monoisotopic (exact) mass is 421 g/mol. The number of amides is 1. The van der Waals surface area contributed by atoms with Crippen molar-refractivity contribution in [1.82, 2.24) is 19.1 Å². The average molecular weight is 422 g/mol. The molecule has 3 rings (SSSR count). The Balaban J connectivity index is 1.71. The van der Waals surface area contributed by atoms with Crippen LogP contribution in [0.1, 0.15) is 19.9 Å². The average Bonchev–Trinajstić information content (AvgIpc) is 3.05. The molecular formula is C18H20ClN5O3S. The van der Waals surface area contributed by atoms with Gasteiger partial charge in [0, 0.05) is 23.5 Å². The minimum absolute atomic E-state index is 0.0661. The van der Waals surface area contributed by atoms with Crippen molar-refractivity contribution in [3.8, 4) is 0 Å². The van der Waals surface area contributed by atoms with Gasteiger partial charge in [0.05, 0.1) is 29.5 Å². The Morgan fingerprint density at radius 1 is 1.25 bits per heavy atom. The first-order valence-corrected chi connectivity index (χ1v) is 10.4. The second kappa shape index (κ2) is 7.86. The molecule has 0 saturated heterocycles. The van der Waals surface area contributed by atoms with Crippen molar-refractivity contribution in [2.75, 3.05) is 18.9 Å². The van der Waals surface area contributed by atoms with Gasteiger partial charge in [-0.3, -0.25) is 4.79 Å². The number of nitrogens with zero attached hydrogens (tertiary/aromatic N) is 4. The van der Waals surface area contributed by atoms with Gasteiger partial charge in [0.25, 0.3) is 0 Å². The molecule has 1 aromatic carbocycles. The minimum Gasteiger partial charge on any atom is -0.324 e. The van der Waals surface area contributed by atoms with Crippen LogP contribution in [0.5, 0.6) is 0 Å². The summed E-state index contributed by atoms with van der Waals surface area (Å²) in [4.78, 5) is 16.7. The van der Waals surface area contributed by atoms with Crippen LogP contribution in [0.2, 0.25) is 5.02 Å². The number of halogens is 1. The van der Waals surface area contributed by atoms with Gasteiger partial charge in [-0.1, -0.05) is 11.6 Å². The van der Waals surface area contributed by atoms with Gasteiger partial charge in [0.1, 0.15) is 0 Å². The number of aromatic nitrogens is 3. The topological polar surface area (TPSA) is 97.2 Å². The summed E-state index contributed by atoms with van der Waals surface area (Å²) in [5, 5.41) is 8.17. The Kier molecular flexibility index (Phi) is 5.69. The fourth-order valence-electron chi connectivity index (χ4n) is 2.66. The van der Waals surface area contributed by atoms with Crippen molar-refractivity contribution < 1.29 is 13.2 Å². The van der Waals surface area contributed by atoms with E-state index in [1.165, 1.54) is 37.5 Å². The second-order valence-electron chi connectivity index (χ2n) is 6.58. The van der Waals surface area contributed by atoms with Gasteiger partial charge in [0.15, 0.2) is 5.65 Å². The molecule has 10 heteroatoms. The molecule has 1 N–H and O–H groups in total. The summed E-state index contributed by atoms with van der Waals surface area (Å²) in [5.41, 5.74) is 1.19. The molecule has 2 aromatic heterocycles. The molecule has 0 atom stereocenters. The zero-order chi connectivity index (χ0) is 20.5. The number of nitrogens with one attached hydrogen (secondary N) is 1. The summed E-state index contributed by atoms with van der Waals surface area (Å²) in [7, 11) is -2.45. The number of hydrogen-bond donors (Lipinski definition) is 1. The SMILES string of the molecule is CC(C)n1ncc2cc(NC(=O)CN(C)S(=O)(=O)c3ccc(Cl)cc3)cnc21. The molecule has 28 heavy (non-hydrogen) atoms. The lowest BCUT2D eigenvalue weighted by atomic mass is 10.3. The third-order valence-electron chi connectivity index (χ3n) is 4.09. The number of pyridine rings is 1. The maximum Gasteiger partial charge on any atom is 0.243 e. The molecule has 3 aromatic rings. The summed E-state index contributed by atoms with van der Waals surface area (Å²) in [6, 6.07) is 7.69. The highest BCUT2D eigenvalue weighted by Gasteiger charge is 2.23. The molecule has 0 saturated carbocycles. The van der Waals surface area contributed by atoms with Crippen molar-refractivity contribution in [1.29, 1.82) is 0 Å². The molecule has 0 aliphatic heterocycles. The maximum atomic E-state index is 12.6. The van der Waals surface area contributed by atoms with E-state index < -0.39 is 15.9 Å². The van der Waals surface area contributed by atoms with Crippen LogP contribution in [0.4, 0.5) is 5.69 Å². The Morgan fingerprint density at radius 2 is 1.93 bits per heavy atom. The van der Waals surface area contributed by atoms with E-state index in [4.69, 9.17) is 11.6 Å². The third kappa shape index (κ3) is 4.16. The molecular weight excluding hydrogens is 402 g/mol. The fourth-order valence-corrected chi connectivity index (χ4v) is 3.91. The number of carbonyl (C=O) groups is 1. The van der Waals surface area contributed by atoms with Crippen molar-refractivity contribution in [2.45, 2.75) is 24.8 Å². The zero-order valence-electron chi connectivity index (χ0n) is 15.6. The first-order valence-electron chi connectivity index (χ1n) is 8.53. The van der Waals surface area contributed by atoms with Crippen LogP contribution in [0, 0.1) is 0 Å². The Bertz CT molecular complexity index is 1110. The van der Waals surface area contributed by atoms with Crippen LogP contribution in [0.15, 0.2) is 47.6 Å². The van der Waals surface area contributed by atoms with Gasteiger partial charge in [-0.25, -0.2) is 18.1 Å².